The van der Waals surface area contributed by atoms with Crippen LogP contribution in [0, 0.1) is 12.8 Å². The summed E-state index contributed by atoms with van der Waals surface area (Å²) >= 11 is 13.6. The van der Waals surface area contributed by atoms with Gasteiger partial charge in [0.05, 0.1) is 17.1 Å². The lowest BCUT2D eigenvalue weighted by Gasteiger charge is -2.35. The molecule has 1 fully saturated rings. The summed E-state index contributed by atoms with van der Waals surface area (Å²) in [4.78, 5) is 12.7. The molecule has 2 atom stereocenters. The van der Waals surface area contributed by atoms with Crippen molar-refractivity contribution in [2.45, 2.75) is 28.1 Å². The minimum atomic E-state index is -4.18. The number of aryl methyl sites for hydroxylation is 1. The molecule has 1 aromatic carbocycles. The third-order valence-electron chi connectivity index (χ3n) is 3.95. The first kappa shape index (κ1) is 17.9. The van der Waals surface area contributed by atoms with Crippen LogP contribution >= 0.6 is 35.0 Å². The van der Waals surface area contributed by atoms with Crippen LogP contribution in [0.1, 0.15) is 12.5 Å². The van der Waals surface area contributed by atoms with Crippen LogP contribution in [0.2, 0.25) is 0 Å². The second kappa shape index (κ2) is 5.83. The normalized spacial score (nSPS) is 28.1. The Labute approximate surface area is 155 Å². The molecule has 2 aliphatic heterocycles. The minimum absolute atomic E-state index is 0.0159. The highest BCUT2D eigenvalue weighted by molar-refractivity contribution is 8.01. The van der Waals surface area contributed by atoms with E-state index in [1.165, 1.54) is 36.2 Å². The number of nitrogens with zero attached hydrogens (tertiary/aromatic N) is 1. The van der Waals surface area contributed by atoms with Crippen molar-refractivity contribution in [3.8, 4) is 0 Å². The van der Waals surface area contributed by atoms with E-state index in [-0.39, 0.29) is 4.90 Å². The number of thioether (sulfide) groups is 1. The van der Waals surface area contributed by atoms with Crippen molar-refractivity contribution in [2.75, 3.05) is 5.75 Å². The van der Waals surface area contributed by atoms with E-state index in [1.54, 1.807) is 12.1 Å². The zero-order valence-electron chi connectivity index (χ0n) is 12.9. The highest BCUT2D eigenvalue weighted by Crippen LogP contribution is 2.59. The number of alkyl halides is 2. The van der Waals surface area contributed by atoms with Gasteiger partial charge in [-0.3, -0.25) is 4.79 Å². The molecule has 1 saturated heterocycles. The smallest absolute Gasteiger partial charge is 0.277 e. The van der Waals surface area contributed by atoms with Crippen molar-refractivity contribution in [1.29, 1.82) is 0 Å². The van der Waals surface area contributed by atoms with Crippen LogP contribution < -0.4 is 0 Å². The molecule has 0 unspecified atom stereocenters. The number of hydrogen-bond acceptors (Lipinski definition) is 5. The summed E-state index contributed by atoms with van der Waals surface area (Å²) in [5, 5.41) is -1.50. The first-order valence-corrected chi connectivity index (χ1v) is 10.4. The summed E-state index contributed by atoms with van der Waals surface area (Å²) in [5.41, 5.74) is 0.903. The van der Waals surface area contributed by atoms with Crippen LogP contribution in [0.15, 0.2) is 41.5 Å². The molecule has 0 aromatic heterocycles. The van der Waals surface area contributed by atoms with E-state index in [9.17, 15) is 13.2 Å². The average molecular weight is 408 g/mol. The van der Waals surface area contributed by atoms with Gasteiger partial charge in [0.15, 0.2) is 0 Å². The fraction of sp³-hybridized carbons (Fsp3) is 0.400. The van der Waals surface area contributed by atoms with Gasteiger partial charge in [0.1, 0.15) is 0 Å². The quantitative estimate of drug-likeness (QED) is 0.716. The number of amides is 1. The molecule has 0 N–H and O–H groups in total. The summed E-state index contributed by atoms with van der Waals surface area (Å²) in [6.45, 7) is 3.68. The molecule has 9 heteroatoms. The number of carbonyl (C=O) groups excluding carboxylic acids is 1. The van der Waals surface area contributed by atoms with Crippen molar-refractivity contribution in [3.05, 3.63) is 42.2 Å². The van der Waals surface area contributed by atoms with E-state index in [2.05, 4.69) is 0 Å². The number of rotatable bonds is 4. The van der Waals surface area contributed by atoms with Gasteiger partial charge < -0.3 is 4.74 Å². The third-order valence-corrected chi connectivity index (χ3v) is 7.88. The Kier molecular flexibility index (Phi) is 4.35. The SMILES string of the molecule is CCS[C@@]12OC=C[C@@H]1C(Cl)(Cl)C(=O)N2S(=O)(=O)c1ccc(C)cc1. The Bertz CT molecular complexity index is 807. The van der Waals surface area contributed by atoms with E-state index >= 15 is 0 Å². The number of sulfonamides is 1. The van der Waals surface area contributed by atoms with Crippen LogP contribution in [0.25, 0.3) is 0 Å². The number of fused-ring (bicyclic) bond motifs is 1. The molecular weight excluding hydrogens is 393 g/mol. The van der Waals surface area contributed by atoms with E-state index in [4.69, 9.17) is 27.9 Å². The lowest BCUT2D eigenvalue weighted by Crippen LogP contribution is -2.49. The predicted octanol–water partition coefficient (Wildman–Crippen LogP) is 3.27. The van der Waals surface area contributed by atoms with E-state index < -0.39 is 31.2 Å². The molecule has 0 radical (unpaired) electrons. The number of ether oxygens (including phenoxy) is 1. The Morgan fingerprint density at radius 2 is 1.92 bits per heavy atom. The number of hydrogen-bond donors (Lipinski definition) is 0. The molecule has 1 amide bonds. The largest absolute Gasteiger partial charge is 0.465 e. The fourth-order valence-electron chi connectivity index (χ4n) is 2.83. The molecule has 1 aromatic rings. The maximum absolute atomic E-state index is 13.1. The molecule has 0 aliphatic carbocycles. The lowest BCUT2D eigenvalue weighted by atomic mass is 10.1. The lowest BCUT2D eigenvalue weighted by molar-refractivity contribution is -0.128. The molecule has 2 aliphatic rings. The summed E-state index contributed by atoms with van der Waals surface area (Å²) < 4.78 is 30.6. The number of benzene rings is 1. The maximum atomic E-state index is 13.1. The molecule has 3 rings (SSSR count). The first-order valence-electron chi connectivity index (χ1n) is 7.20. The van der Waals surface area contributed by atoms with Gasteiger partial charge in [0, 0.05) is 0 Å². The molecule has 0 bridgehead atoms. The van der Waals surface area contributed by atoms with Crippen molar-refractivity contribution in [3.63, 3.8) is 0 Å². The Morgan fingerprint density at radius 1 is 1.29 bits per heavy atom. The molecule has 130 valence electrons. The zero-order valence-corrected chi connectivity index (χ0v) is 16.0. The maximum Gasteiger partial charge on any atom is 0.277 e. The van der Waals surface area contributed by atoms with Crippen LogP contribution in [0.4, 0.5) is 0 Å². The highest BCUT2D eigenvalue weighted by Gasteiger charge is 2.72. The number of halogens is 2. The molecule has 2 heterocycles. The standard InChI is InChI=1S/C15H15Cl2NO4S2/c1-3-23-15-12(8-9-22-15)14(16,17)13(19)18(15)24(20,21)11-6-4-10(2)5-7-11/h4-9,12H,3H2,1-2H3/t12-,15+/m1/s1. The van der Waals surface area contributed by atoms with E-state index in [1.807, 2.05) is 13.8 Å². The van der Waals surface area contributed by atoms with Crippen LogP contribution in [-0.4, -0.2) is 33.8 Å². The Hall–Kier alpha value is -0.890. The topological polar surface area (TPSA) is 63.7 Å². The van der Waals surface area contributed by atoms with Crippen molar-refractivity contribution >= 4 is 50.9 Å². The molecule has 5 nitrogen and oxygen atoms in total. The van der Waals surface area contributed by atoms with Gasteiger partial charge in [0.2, 0.25) is 4.33 Å². The van der Waals surface area contributed by atoms with Crippen LogP contribution in [0.3, 0.4) is 0 Å². The fourth-order valence-corrected chi connectivity index (χ4v) is 6.84. The highest BCUT2D eigenvalue weighted by atomic mass is 35.5. The van der Waals surface area contributed by atoms with Gasteiger partial charge in [-0.1, -0.05) is 59.6 Å². The Balaban J connectivity index is 2.17. The molecular formula is C15H15Cl2NO4S2. The van der Waals surface area contributed by atoms with Crippen molar-refractivity contribution in [1.82, 2.24) is 4.31 Å². The van der Waals surface area contributed by atoms with Crippen LogP contribution in [0.5, 0.6) is 0 Å². The van der Waals surface area contributed by atoms with Gasteiger partial charge >= 0.3 is 0 Å². The van der Waals surface area contributed by atoms with E-state index in [0.717, 1.165) is 5.56 Å². The number of carbonyl (C=O) groups is 1. The second-order valence-corrected chi connectivity index (χ2v) is 10.1. The van der Waals surface area contributed by atoms with Gasteiger partial charge in [0.25, 0.3) is 21.0 Å². The van der Waals surface area contributed by atoms with E-state index in [0.29, 0.717) is 10.1 Å². The molecule has 0 spiro atoms. The zero-order chi connectivity index (χ0) is 17.8. The summed E-state index contributed by atoms with van der Waals surface area (Å²) in [6, 6.07) is 6.21. The van der Waals surface area contributed by atoms with Gasteiger partial charge in [-0.25, -0.2) is 8.42 Å². The monoisotopic (exact) mass is 407 g/mol. The summed E-state index contributed by atoms with van der Waals surface area (Å²) in [5.74, 6) is -1.19. The molecule has 0 saturated carbocycles. The van der Waals surface area contributed by atoms with Gasteiger partial charge in [-0.05, 0) is 30.9 Å². The summed E-state index contributed by atoms with van der Waals surface area (Å²) in [7, 11) is -4.18. The van der Waals surface area contributed by atoms with Crippen molar-refractivity contribution in [2.24, 2.45) is 5.92 Å². The first-order chi connectivity index (χ1) is 11.2. The third kappa shape index (κ3) is 2.36. The second-order valence-electron chi connectivity index (χ2n) is 5.50. The van der Waals surface area contributed by atoms with Crippen LogP contribution in [-0.2, 0) is 19.6 Å². The summed E-state index contributed by atoms with van der Waals surface area (Å²) in [6.07, 6.45) is 2.88. The van der Waals surface area contributed by atoms with Gasteiger partial charge in [-0.15, -0.1) is 0 Å². The van der Waals surface area contributed by atoms with Gasteiger partial charge in [-0.2, -0.15) is 4.31 Å². The molecule has 24 heavy (non-hydrogen) atoms. The Morgan fingerprint density at radius 3 is 2.50 bits per heavy atom. The average Bonchev–Trinajstić information content (AvgIpc) is 2.98. The van der Waals surface area contributed by atoms with Crippen molar-refractivity contribution < 1.29 is 17.9 Å². The minimum Gasteiger partial charge on any atom is -0.465 e. The predicted molar refractivity (Wildman–Crippen MR) is 94.2 cm³/mol.